The van der Waals surface area contributed by atoms with Crippen molar-refractivity contribution in [2.75, 3.05) is 25.1 Å². The van der Waals surface area contributed by atoms with Crippen molar-refractivity contribution in [3.8, 4) is 0 Å². The highest BCUT2D eigenvalue weighted by molar-refractivity contribution is 7.98. The van der Waals surface area contributed by atoms with E-state index in [1.807, 2.05) is 12.3 Å². The number of nitrogens with two attached hydrogens (primary N) is 5. The highest BCUT2D eigenvalue weighted by Gasteiger charge is 2.30. The summed E-state index contributed by atoms with van der Waals surface area (Å²) in [7, 11) is 0. The third-order valence-electron chi connectivity index (χ3n) is 6.02. The maximum Gasteiger partial charge on any atom is 0.326 e. The summed E-state index contributed by atoms with van der Waals surface area (Å²) in [6.07, 6.45) is 3.28. The van der Waals surface area contributed by atoms with Crippen molar-refractivity contribution in [2.45, 2.75) is 62.7 Å². The smallest absolute Gasteiger partial charge is 0.326 e. The van der Waals surface area contributed by atoms with Gasteiger partial charge in [0.2, 0.25) is 17.7 Å². The molecule has 0 aliphatic heterocycles. The van der Waals surface area contributed by atoms with Gasteiger partial charge in [-0.1, -0.05) is 30.3 Å². The molecular weight excluding hydrogens is 564 g/mol. The molecule has 1 aromatic carbocycles. The molecule has 1 aromatic rings. The molecule has 0 bridgehead atoms. The molecule has 1 rings (SSSR count). The first kappa shape index (κ1) is 36.0. The average molecular weight is 609 g/mol. The molecule has 4 atom stereocenters. The second kappa shape index (κ2) is 19.9. The van der Waals surface area contributed by atoms with Crippen molar-refractivity contribution < 1.29 is 24.3 Å². The fraction of sp³-hybridized carbons (Fsp3) is 0.538. The average Bonchev–Trinajstić information content (AvgIpc) is 2.94. The summed E-state index contributed by atoms with van der Waals surface area (Å²) in [4.78, 5) is 59.1. The van der Waals surface area contributed by atoms with Gasteiger partial charge >= 0.3 is 5.97 Å². The zero-order chi connectivity index (χ0) is 31.5. The number of carbonyl (C=O) groups is 4. The zero-order valence-corrected chi connectivity index (χ0v) is 24.6. The fourth-order valence-electron chi connectivity index (χ4n) is 3.80. The lowest BCUT2D eigenvalue weighted by Crippen LogP contribution is -2.57. The van der Waals surface area contributed by atoms with E-state index >= 15 is 0 Å². The van der Waals surface area contributed by atoms with Crippen LogP contribution in [0, 0.1) is 0 Å². The zero-order valence-electron chi connectivity index (χ0n) is 23.8. The molecule has 0 fully saturated rings. The number of thioether (sulfide) groups is 1. The Balaban J connectivity index is 3.10. The maximum atomic E-state index is 13.5. The van der Waals surface area contributed by atoms with Crippen LogP contribution in [0.3, 0.4) is 0 Å². The number of nitrogens with one attached hydrogen (secondary N) is 3. The number of carbonyl (C=O) groups excluding carboxylic acids is 3. The number of rotatable bonds is 20. The van der Waals surface area contributed by atoms with E-state index in [0.29, 0.717) is 25.1 Å². The Labute approximate surface area is 249 Å². The lowest BCUT2D eigenvalue weighted by atomic mass is 10.0. The third kappa shape index (κ3) is 15.1. The molecule has 3 amide bonds. The summed E-state index contributed by atoms with van der Waals surface area (Å²) in [6, 6.07) is 4.72. The van der Waals surface area contributed by atoms with E-state index in [0.717, 1.165) is 5.56 Å². The standard InChI is InChI=1S/C26H44N10O5S/c1-42-14-11-19(24(40)41)35-22(38)18(10-6-13-33-26(30)31)34-23(39)20(15-16-7-3-2-4-8-16)36-21(37)17(27)9-5-12-32-25(28)29/h2-4,7-8,17-20H,5-6,9-15,27H2,1H3,(H,34,39)(H,35,38)(H,36,37)(H,40,41)(H4,28,29,32)(H4,30,31,33). The second-order valence-corrected chi connectivity index (χ2v) is 10.5. The number of benzene rings is 1. The Morgan fingerprint density at radius 3 is 1.86 bits per heavy atom. The van der Waals surface area contributed by atoms with Gasteiger partial charge in [-0.05, 0) is 49.7 Å². The quantitative estimate of drug-likeness (QED) is 0.0441. The topological polar surface area (TPSA) is 279 Å². The fourth-order valence-corrected chi connectivity index (χ4v) is 4.27. The van der Waals surface area contributed by atoms with E-state index < -0.39 is 47.9 Å². The first-order valence-electron chi connectivity index (χ1n) is 13.5. The predicted octanol–water partition coefficient (Wildman–Crippen LogP) is -2.04. The van der Waals surface area contributed by atoms with Gasteiger partial charge in [-0.3, -0.25) is 24.4 Å². The highest BCUT2D eigenvalue weighted by Crippen LogP contribution is 2.08. The number of guanidine groups is 2. The van der Waals surface area contributed by atoms with Crippen LogP contribution in [0.15, 0.2) is 40.3 Å². The minimum atomic E-state index is -1.19. The van der Waals surface area contributed by atoms with Gasteiger partial charge in [0.25, 0.3) is 0 Å². The van der Waals surface area contributed by atoms with Crippen molar-refractivity contribution in [3.05, 3.63) is 35.9 Å². The molecule has 0 aromatic heterocycles. The number of amides is 3. The van der Waals surface area contributed by atoms with Crippen molar-refractivity contribution in [1.82, 2.24) is 16.0 Å². The molecule has 0 saturated heterocycles. The molecule has 15 nitrogen and oxygen atoms in total. The van der Waals surface area contributed by atoms with Gasteiger partial charge in [0.05, 0.1) is 6.04 Å². The molecule has 234 valence electrons. The summed E-state index contributed by atoms with van der Waals surface area (Å²) in [6.45, 7) is 0.484. The molecule has 14 N–H and O–H groups in total. The highest BCUT2D eigenvalue weighted by atomic mass is 32.2. The number of nitrogens with zero attached hydrogens (tertiary/aromatic N) is 2. The molecule has 4 unspecified atom stereocenters. The summed E-state index contributed by atoms with van der Waals surface area (Å²) in [5.74, 6) is -2.75. The molecular formula is C26H44N10O5S. The normalized spacial score (nSPS) is 13.5. The third-order valence-corrected chi connectivity index (χ3v) is 6.67. The van der Waals surface area contributed by atoms with Crippen molar-refractivity contribution >= 4 is 47.4 Å². The van der Waals surface area contributed by atoms with Gasteiger partial charge in [-0.15, -0.1) is 0 Å². The van der Waals surface area contributed by atoms with Crippen LogP contribution in [0.2, 0.25) is 0 Å². The van der Waals surface area contributed by atoms with E-state index in [4.69, 9.17) is 28.7 Å². The van der Waals surface area contributed by atoms with E-state index in [1.54, 1.807) is 24.3 Å². The first-order chi connectivity index (χ1) is 19.9. The van der Waals surface area contributed by atoms with Crippen molar-refractivity contribution in [1.29, 1.82) is 0 Å². The molecule has 0 radical (unpaired) electrons. The van der Waals surface area contributed by atoms with Gasteiger partial charge < -0.3 is 49.7 Å². The number of carboxylic acids is 1. The Kier molecular flexibility index (Phi) is 17.1. The maximum absolute atomic E-state index is 13.5. The SMILES string of the molecule is CSCCC(NC(=O)C(CCCN=C(N)N)NC(=O)C(Cc1ccccc1)NC(=O)C(N)CCCN=C(N)N)C(=O)O. The number of aliphatic carboxylic acids is 1. The number of carboxylic acid groups (broad SMARTS) is 1. The van der Waals surface area contributed by atoms with Crippen LogP contribution in [-0.4, -0.2) is 90.0 Å². The van der Waals surface area contributed by atoms with Crippen LogP contribution in [0.25, 0.3) is 0 Å². The van der Waals surface area contributed by atoms with Gasteiger partial charge in [0.1, 0.15) is 18.1 Å². The largest absolute Gasteiger partial charge is 0.480 e. The van der Waals surface area contributed by atoms with Crippen LogP contribution in [0.1, 0.15) is 37.7 Å². The van der Waals surface area contributed by atoms with E-state index in [9.17, 15) is 24.3 Å². The van der Waals surface area contributed by atoms with Crippen LogP contribution in [-0.2, 0) is 25.6 Å². The summed E-state index contributed by atoms with van der Waals surface area (Å²) in [5.41, 5.74) is 28.2. The Morgan fingerprint density at radius 1 is 0.786 bits per heavy atom. The van der Waals surface area contributed by atoms with E-state index in [2.05, 4.69) is 25.9 Å². The molecule has 16 heteroatoms. The molecule has 0 aliphatic rings. The lowest BCUT2D eigenvalue weighted by Gasteiger charge is -2.25. The van der Waals surface area contributed by atoms with Gasteiger partial charge in [-0.2, -0.15) is 11.8 Å². The predicted molar refractivity (Wildman–Crippen MR) is 164 cm³/mol. The minimum absolute atomic E-state index is 0.0663. The Bertz CT molecular complexity index is 1060. The van der Waals surface area contributed by atoms with Crippen LogP contribution in [0.5, 0.6) is 0 Å². The first-order valence-corrected chi connectivity index (χ1v) is 14.9. The molecule has 0 saturated carbocycles. The van der Waals surface area contributed by atoms with E-state index in [-0.39, 0.29) is 44.1 Å². The molecule has 42 heavy (non-hydrogen) atoms. The number of aliphatic imine (C=N–C) groups is 2. The van der Waals surface area contributed by atoms with Crippen molar-refractivity contribution in [2.24, 2.45) is 38.7 Å². The summed E-state index contributed by atoms with van der Waals surface area (Å²) < 4.78 is 0. The number of hydrogen-bond donors (Lipinski definition) is 9. The summed E-state index contributed by atoms with van der Waals surface area (Å²) >= 11 is 1.44. The van der Waals surface area contributed by atoms with E-state index in [1.165, 1.54) is 11.8 Å². The lowest BCUT2D eigenvalue weighted by molar-refractivity contribution is -0.142. The monoisotopic (exact) mass is 608 g/mol. The Hall–Kier alpha value is -4.05. The summed E-state index contributed by atoms with van der Waals surface area (Å²) in [5, 5.41) is 17.4. The minimum Gasteiger partial charge on any atom is -0.480 e. The van der Waals surface area contributed by atoms with Crippen LogP contribution < -0.4 is 44.6 Å². The van der Waals surface area contributed by atoms with Crippen molar-refractivity contribution in [3.63, 3.8) is 0 Å². The molecule has 0 heterocycles. The van der Waals surface area contributed by atoms with Gasteiger partial charge in [-0.25, -0.2) is 4.79 Å². The van der Waals surface area contributed by atoms with Crippen LogP contribution in [0.4, 0.5) is 0 Å². The Morgan fingerprint density at radius 2 is 1.31 bits per heavy atom. The van der Waals surface area contributed by atoms with Crippen LogP contribution >= 0.6 is 11.8 Å². The molecule has 0 aliphatic carbocycles. The van der Waals surface area contributed by atoms with Gasteiger partial charge in [0.15, 0.2) is 11.9 Å². The molecule has 0 spiro atoms. The number of hydrogen-bond acceptors (Lipinski definition) is 8. The second-order valence-electron chi connectivity index (χ2n) is 9.50. The van der Waals surface area contributed by atoms with Gasteiger partial charge in [0, 0.05) is 19.5 Å².